The molecule has 0 aliphatic heterocycles. The molecule has 0 aromatic heterocycles. The normalized spacial score (nSPS) is 11.1. The van der Waals surface area contributed by atoms with Gasteiger partial charge in [0, 0.05) is 20.8 Å². The van der Waals surface area contributed by atoms with Crippen molar-refractivity contribution in [2.75, 3.05) is 33.9 Å². The highest BCUT2D eigenvalue weighted by Crippen LogP contribution is 2.01. The standard InChI is InChI=1S/C11H21NO4/c1-5-7-8-12(11(13)16-6-2)9-10(14-3)15-4/h5,7,10H,6,8-9H2,1-4H3/b7-5+. The smallest absolute Gasteiger partial charge is 0.410 e. The third-order valence-electron chi connectivity index (χ3n) is 1.98. The summed E-state index contributed by atoms with van der Waals surface area (Å²) in [6.45, 7) is 4.86. The fraction of sp³-hybridized carbons (Fsp3) is 0.727. The van der Waals surface area contributed by atoms with Crippen molar-refractivity contribution in [1.29, 1.82) is 0 Å². The SMILES string of the molecule is C/C=C/CN(CC(OC)OC)C(=O)OCC. The lowest BCUT2D eigenvalue weighted by Crippen LogP contribution is -2.39. The van der Waals surface area contributed by atoms with E-state index in [0.29, 0.717) is 19.7 Å². The molecule has 0 radical (unpaired) electrons. The summed E-state index contributed by atoms with van der Waals surface area (Å²) in [5.41, 5.74) is 0. The molecule has 1 amide bonds. The number of carbonyl (C=O) groups is 1. The highest BCUT2D eigenvalue weighted by molar-refractivity contribution is 5.67. The van der Waals surface area contributed by atoms with E-state index >= 15 is 0 Å². The average Bonchev–Trinajstić information content (AvgIpc) is 2.30. The van der Waals surface area contributed by atoms with Gasteiger partial charge in [-0.2, -0.15) is 0 Å². The highest BCUT2D eigenvalue weighted by atomic mass is 16.7. The van der Waals surface area contributed by atoms with Gasteiger partial charge in [0.1, 0.15) is 0 Å². The van der Waals surface area contributed by atoms with E-state index in [1.165, 1.54) is 19.1 Å². The van der Waals surface area contributed by atoms with E-state index in [0.717, 1.165) is 0 Å². The van der Waals surface area contributed by atoms with Crippen LogP contribution in [0.2, 0.25) is 0 Å². The van der Waals surface area contributed by atoms with Crippen molar-refractivity contribution in [2.24, 2.45) is 0 Å². The Hall–Kier alpha value is -1.07. The highest BCUT2D eigenvalue weighted by Gasteiger charge is 2.18. The van der Waals surface area contributed by atoms with Crippen LogP contribution in [0.1, 0.15) is 13.8 Å². The van der Waals surface area contributed by atoms with Crippen molar-refractivity contribution in [1.82, 2.24) is 4.90 Å². The van der Waals surface area contributed by atoms with Gasteiger partial charge in [0.25, 0.3) is 0 Å². The molecule has 0 heterocycles. The second kappa shape index (κ2) is 9.18. The van der Waals surface area contributed by atoms with Gasteiger partial charge in [0.05, 0.1) is 13.2 Å². The molecule has 0 aromatic carbocycles. The number of amides is 1. The fourth-order valence-corrected chi connectivity index (χ4v) is 1.10. The molecule has 16 heavy (non-hydrogen) atoms. The monoisotopic (exact) mass is 231 g/mol. The quantitative estimate of drug-likeness (QED) is 0.493. The summed E-state index contributed by atoms with van der Waals surface area (Å²) in [6, 6.07) is 0. The zero-order valence-corrected chi connectivity index (χ0v) is 10.4. The second-order valence-electron chi connectivity index (χ2n) is 3.07. The molecule has 0 aliphatic carbocycles. The Bertz CT molecular complexity index is 214. The van der Waals surface area contributed by atoms with Crippen LogP contribution in [-0.2, 0) is 14.2 Å². The summed E-state index contributed by atoms with van der Waals surface area (Å²) in [7, 11) is 3.07. The zero-order chi connectivity index (χ0) is 12.4. The van der Waals surface area contributed by atoms with Crippen LogP contribution in [0, 0.1) is 0 Å². The van der Waals surface area contributed by atoms with Gasteiger partial charge in [0.15, 0.2) is 6.29 Å². The maximum atomic E-state index is 11.6. The predicted octanol–water partition coefficient (Wildman–Crippen LogP) is 1.64. The van der Waals surface area contributed by atoms with Crippen LogP contribution in [0.25, 0.3) is 0 Å². The maximum absolute atomic E-state index is 11.6. The van der Waals surface area contributed by atoms with Gasteiger partial charge in [0.2, 0.25) is 0 Å². The van der Waals surface area contributed by atoms with Crippen molar-refractivity contribution in [3.05, 3.63) is 12.2 Å². The first-order valence-electron chi connectivity index (χ1n) is 5.28. The Morgan fingerprint density at radius 2 is 2.00 bits per heavy atom. The number of carbonyl (C=O) groups excluding carboxylic acids is 1. The van der Waals surface area contributed by atoms with Crippen LogP contribution in [0.3, 0.4) is 0 Å². The van der Waals surface area contributed by atoms with Crippen LogP contribution in [0.4, 0.5) is 4.79 Å². The van der Waals surface area contributed by atoms with Crippen LogP contribution < -0.4 is 0 Å². The number of allylic oxidation sites excluding steroid dienone is 1. The Balaban J connectivity index is 4.34. The Morgan fingerprint density at radius 3 is 2.44 bits per heavy atom. The van der Waals surface area contributed by atoms with E-state index in [2.05, 4.69) is 0 Å². The van der Waals surface area contributed by atoms with E-state index in [1.54, 1.807) is 6.92 Å². The lowest BCUT2D eigenvalue weighted by Gasteiger charge is -2.24. The van der Waals surface area contributed by atoms with Crippen molar-refractivity contribution >= 4 is 6.09 Å². The predicted molar refractivity (Wildman–Crippen MR) is 61.2 cm³/mol. The molecule has 0 saturated carbocycles. The van der Waals surface area contributed by atoms with Gasteiger partial charge >= 0.3 is 6.09 Å². The summed E-state index contributed by atoms with van der Waals surface area (Å²) in [5.74, 6) is 0. The molecule has 0 fully saturated rings. The van der Waals surface area contributed by atoms with Crippen LogP contribution in [0.5, 0.6) is 0 Å². The van der Waals surface area contributed by atoms with Crippen molar-refractivity contribution in [3.63, 3.8) is 0 Å². The van der Waals surface area contributed by atoms with Crippen LogP contribution in [-0.4, -0.2) is 51.2 Å². The molecular weight excluding hydrogens is 210 g/mol. The largest absolute Gasteiger partial charge is 0.450 e. The first-order valence-corrected chi connectivity index (χ1v) is 5.28. The van der Waals surface area contributed by atoms with E-state index in [1.807, 2.05) is 19.1 Å². The molecule has 0 aliphatic rings. The Kier molecular flexibility index (Phi) is 8.56. The molecule has 0 atom stereocenters. The summed E-state index contributed by atoms with van der Waals surface area (Å²) in [5, 5.41) is 0. The minimum absolute atomic E-state index is 0.343. The summed E-state index contributed by atoms with van der Waals surface area (Å²) in [6.07, 6.45) is 2.95. The first-order chi connectivity index (χ1) is 7.69. The number of rotatable bonds is 7. The Morgan fingerprint density at radius 1 is 1.38 bits per heavy atom. The molecule has 0 spiro atoms. The number of nitrogens with zero attached hydrogens (tertiary/aromatic N) is 1. The molecule has 0 rings (SSSR count). The van der Waals surface area contributed by atoms with E-state index in [9.17, 15) is 4.79 Å². The first kappa shape index (κ1) is 14.9. The molecule has 5 nitrogen and oxygen atoms in total. The van der Waals surface area contributed by atoms with E-state index in [-0.39, 0.29) is 6.09 Å². The molecule has 94 valence electrons. The maximum Gasteiger partial charge on any atom is 0.410 e. The lowest BCUT2D eigenvalue weighted by molar-refractivity contribution is -0.112. The van der Waals surface area contributed by atoms with Crippen LogP contribution in [0.15, 0.2) is 12.2 Å². The summed E-state index contributed by atoms with van der Waals surface area (Å²) in [4.78, 5) is 13.1. The van der Waals surface area contributed by atoms with Gasteiger partial charge in [-0.05, 0) is 13.8 Å². The van der Waals surface area contributed by atoms with E-state index in [4.69, 9.17) is 14.2 Å². The number of hydrogen-bond acceptors (Lipinski definition) is 4. The average molecular weight is 231 g/mol. The number of methoxy groups -OCH3 is 2. The number of ether oxygens (including phenoxy) is 3. The molecular formula is C11H21NO4. The van der Waals surface area contributed by atoms with E-state index < -0.39 is 6.29 Å². The van der Waals surface area contributed by atoms with Gasteiger partial charge in [-0.1, -0.05) is 12.2 Å². The molecule has 0 aromatic rings. The molecule has 0 saturated heterocycles. The molecule has 0 N–H and O–H groups in total. The second-order valence-corrected chi connectivity index (χ2v) is 3.07. The van der Waals surface area contributed by atoms with Crippen LogP contribution >= 0.6 is 0 Å². The molecule has 5 heteroatoms. The lowest BCUT2D eigenvalue weighted by atomic mass is 10.4. The van der Waals surface area contributed by atoms with Gasteiger partial charge < -0.3 is 14.2 Å². The fourth-order valence-electron chi connectivity index (χ4n) is 1.10. The van der Waals surface area contributed by atoms with Crippen molar-refractivity contribution in [2.45, 2.75) is 20.1 Å². The van der Waals surface area contributed by atoms with Gasteiger partial charge in [-0.15, -0.1) is 0 Å². The minimum Gasteiger partial charge on any atom is -0.450 e. The summed E-state index contributed by atoms with van der Waals surface area (Å²) >= 11 is 0. The molecule has 0 unspecified atom stereocenters. The van der Waals surface area contributed by atoms with Crippen molar-refractivity contribution < 1.29 is 19.0 Å². The van der Waals surface area contributed by atoms with Gasteiger partial charge in [-0.3, -0.25) is 4.90 Å². The molecule has 0 bridgehead atoms. The van der Waals surface area contributed by atoms with Crippen molar-refractivity contribution in [3.8, 4) is 0 Å². The zero-order valence-electron chi connectivity index (χ0n) is 10.4. The van der Waals surface area contributed by atoms with Gasteiger partial charge in [-0.25, -0.2) is 4.79 Å². The topological polar surface area (TPSA) is 48.0 Å². The summed E-state index contributed by atoms with van der Waals surface area (Å²) < 4.78 is 15.0. The third-order valence-corrected chi connectivity index (χ3v) is 1.98. The third kappa shape index (κ3) is 5.72. The number of hydrogen-bond donors (Lipinski definition) is 0. The Labute approximate surface area is 97.0 Å². The minimum atomic E-state index is -0.435.